The summed E-state index contributed by atoms with van der Waals surface area (Å²) < 4.78 is 0. The van der Waals surface area contributed by atoms with E-state index in [1.807, 2.05) is 68.4 Å². The van der Waals surface area contributed by atoms with Gasteiger partial charge in [0, 0.05) is 31.0 Å². The van der Waals surface area contributed by atoms with E-state index in [4.69, 9.17) is 0 Å². The number of amides is 2. The summed E-state index contributed by atoms with van der Waals surface area (Å²) in [6, 6.07) is 17.9. The maximum absolute atomic E-state index is 12.5. The molecule has 1 aliphatic heterocycles. The van der Waals surface area contributed by atoms with Crippen LogP contribution in [-0.2, 0) is 9.59 Å². The molecule has 154 valence electrons. The fraction of sp³-hybridized carbons (Fsp3) is 0.304. The third kappa shape index (κ3) is 4.57. The Labute approximate surface area is 180 Å². The van der Waals surface area contributed by atoms with Crippen molar-refractivity contribution in [1.82, 2.24) is 10.2 Å². The van der Waals surface area contributed by atoms with E-state index in [2.05, 4.69) is 15.5 Å². The molecule has 2 heterocycles. The number of anilines is 2. The van der Waals surface area contributed by atoms with Crippen molar-refractivity contribution in [3.05, 3.63) is 70.7 Å². The number of carbonyl (C=O) groups excluding carboxylic acids is 2. The topological polar surface area (TPSA) is 75.2 Å². The van der Waals surface area contributed by atoms with E-state index >= 15 is 0 Å². The third-order valence-electron chi connectivity index (χ3n) is 5.37. The molecule has 1 saturated heterocycles. The molecule has 3 aromatic rings. The molecule has 1 aromatic heterocycles. The maximum atomic E-state index is 12.5. The molecule has 30 heavy (non-hydrogen) atoms. The maximum Gasteiger partial charge on any atom is 0.227 e. The van der Waals surface area contributed by atoms with Crippen molar-refractivity contribution in [3.63, 3.8) is 0 Å². The van der Waals surface area contributed by atoms with Gasteiger partial charge in [-0.1, -0.05) is 66.3 Å². The van der Waals surface area contributed by atoms with Crippen LogP contribution in [0.25, 0.3) is 0 Å². The van der Waals surface area contributed by atoms with Crippen LogP contribution >= 0.6 is 11.3 Å². The number of nitrogens with zero attached hydrogens (tertiary/aromatic N) is 3. The Morgan fingerprint density at radius 1 is 1.17 bits per heavy atom. The Morgan fingerprint density at radius 2 is 1.90 bits per heavy atom. The zero-order valence-corrected chi connectivity index (χ0v) is 17.9. The predicted molar refractivity (Wildman–Crippen MR) is 119 cm³/mol. The van der Waals surface area contributed by atoms with Gasteiger partial charge in [-0.15, -0.1) is 10.2 Å². The van der Waals surface area contributed by atoms with E-state index in [-0.39, 0.29) is 23.7 Å². The zero-order chi connectivity index (χ0) is 21.1. The van der Waals surface area contributed by atoms with E-state index in [0.29, 0.717) is 24.5 Å². The highest BCUT2D eigenvalue weighted by Gasteiger charge is 2.34. The van der Waals surface area contributed by atoms with Gasteiger partial charge in [0.2, 0.25) is 16.9 Å². The summed E-state index contributed by atoms with van der Waals surface area (Å²) in [5, 5.41) is 12.5. The average molecular weight is 421 g/mol. The molecule has 0 aliphatic carbocycles. The van der Waals surface area contributed by atoms with Crippen molar-refractivity contribution in [2.45, 2.75) is 38.5 Å². The van der Waals surface area contributed by atoms with Crippen LogP contribution in [0.3, 0.4) is 0 Å². The second-order valence-electron chi connectivity index (χ2n) is 7.75. The fourth-order valence-electron chi connectivity index (χ4n) is 3.65. The summed E-state index contributed by atoms with van der Waals surface area (Å²) in [5.74, 6) is 0.110. The predicted octanol–water partition coefficient (Wildman–Crippen LogP) is 4.50. The minimum atomic E-state index is -0.0853. The molecule has 1 N–H and O–H groups in total. The SMILES string of the molecule is Cc1ccc(N2CC(c3nnc(NC(=O)CC(C)c4ccccc4)s3)CC2=O)cc1. The van der Waals surface area contributed by atoms with E-state index in [1.54, 1.807) is 4.90 Å². The van der Waals surface area contributed by atoms with Crippen molar-refractivity contribution in [2.24, 2.45) is 0 Å². The number of rotatable bonds is 6. The van der Waals surface area contributed by atoms with Crippen molar-refractivity contribution < 1.29 is 9.59 Å². The number of benzene rings is 2. The number of aromatic nitrogens is 2. The highest BCUT2D eigenvalue weighted by Crippen LogP contribution is 2.34. The molecule has 0 saturated carbocycles. The van der Waals surface area contributed by atoms with E-state index in [9.17, 15) is 9.59 Å². The first-order valence-electron chi connectivity index (χ1n) is 10.0. The van der Waals surface area contributed by atoms with E-state index < -0.39 is 0 Å². The second-order valence-corrected chi connectivity index (χ2v) is 8.76. The van der Waals surface area contributed by atoms with Crippen LogP contribution in [0, 0.1) is 6.92 Å². The largest absolute Gasteiger partial charge is 0.312 e. The summed E-state index contributed by atoms with van der Waals surface area (Å²) >= 11 is 1.35. The van der Waals surface area contributed by atoms with Gasteiger partial charge < -0.3 is 10.2 Å². The van der Waals surface area contributed by atoms with Gasteiger partial charge in [0.15, 0.2) is 0 Å². The summed E-state index contributed by atoms with van der Waals surface area (Å²) in [4.78, 5) is 26.7. The molecule has 2 amide bonds. The van der Waals surface area contributed by atoms with Crippen molar-refractivity contribution in [3.8, 4) is 0 Å². The van der Waals surface area contributed by atoms with E-state index in [0.717, 1.165) is 21.8 Å². The normalized spacial score (nSPS) is 17.2. The first-order chi connectivity index (χ1) is 14.5. The quantitative estimate of drug-likeness (QED) is 0.637. The Hall–Kier alpha value is -3.06. The molecule has 2 unspecified atom stereocenters. The van der Waals surface area contributed by atoms with E-state index in [1.165, 1.54) is 11.3 Å². The third-order valence-corrected chi connectivity index (χ3v) is 6.37. The van der Waals surface area contributed by atoms with Crippen LogP contribution in [0.5, 0.6) is 0 Å². The fourth-order valence-corrected chi connectivity index (χ4v) is 4.50. The molecule has 6 nitrogen and oxygen atoms in total. The monoisotopic (exact) mass is 420 g/mol. The number of hydrogen-bond donors (Lipinski definition) is 1. The molecule has 2 atom stereocenters. The molecule has 0 radical (unpaired) electrons. The zero-order valence-electron chi connectivity index (χ0n) is 17.0. The summed E-state index contributed by atoms with van der Waals surface area (Å²) in [5.41, 5.74) is 3.19. The van der Waals surface area contributed by atoms with Crippen LogP contribution in [0.1, 0.15) is 47.7 Å². The Balaban J connectivity index is 1.36. The average Bonchev–Trinajstić information content (AvgIpc) is 3.36. The highest BCUT2D eigenvalue weighted by molar-refractivity contribution is 7.15. The molecule has 1 aliphatic rings. The smallest absolute Gasteiger partial charge is 0.227 e. The van der Waals surface area contributed by atoms with Gasteiger partial charge in [-0.25, -0.2) is 0 Å². The minimum absolute atomic E-state index is 0.00908. The molecule has 0 bridgehead atoms. The summed E-state index contributed by atoms with van der Waals surface area (Å²) in [7, 11) is 0. The van der Waals surface area contributed by atoms with Crippen LogP contribution in [0.2, 0.25) is 0 Å². The lowest BCUT2D eigenvalue weighted by atomic mass is 9.98. The lowest BCUT2D eigenvalue weighted by Gasteiger charge is -2.16. The van der Waals surface area contributed by atoms with Crippen molar-refractivity contribution in [1.29, 1.82) is 0 Å². The molecule has 7 heteroatoms. The minimum Gasteiger partial charge on any atom is -0.312 e. The molecule has 4 rings (SSSR count). The highest BCUT2D eigenvalue weighted by atomic mass is 32.1. The van der Waals surface area contributed by atoms with Gasteiger partial charge in [0.25, 0.3) is 0 Å². The lowest BCUT2D eigenvalue weighted by Crippen LogP contribution is -2.24. The first-order valence-corrected chi connectivity index (χ1v) is 10.9. The number of aryl methyl sites for hydroxylation is 1. The molecular formula is C23H24N4O2S. The van der Waals surface area contributed by atoms with Crippen molar-refractivity contribution >= 4 is 34.0 Å². The lowest BCUT2D eigenvalue weighted by molar-refractivity contribution is -0.117. The second kappa shape index (κ2) is 8.75. The Morgan fingerprint density at radius 3 is 2.63 bits per heavy atom. The molecule has 1 fully saturated rings. The van der Waals surface area contributed by atoms with Gasteiger partial charge in [-0.05, 0) is 30.5 Å². The number of hydrogen-bond acceptors (Lipinski definition) is 5. The van der Waals surface area contributed by atoms with Gasteiger partial charge in [0.05, 0.1) is 0 Å². The van der Waals surface area contributed by atoms with Crippen LogP contribution in [-0.4, -0.2) is 28.6 Å². The van der Waals surface area contributed by atoms with Crippen LogP contribution in [0.15, 0.2) is 54.6 Å². The number of nitrogens with one attached hydrogen (secondary N) is 1. The van der Waals surface area contributed by atoms with Gasteiger partial charge in [-0.2, -0.15) is 0 Å². The first kappa shape index (κ1) is 20.2. The van der Waals surface area contributed by atoms with Gasteiger partial charge in [0.1, 0.15) is 5.01 Å². The van der Waals surface area contributed by atoms with Gasteiger partial charge in [-0.3, -0.25) is 9.59 Å². The Bertz CT molecular complexity index is 1030. The number of carbonyl (C=O) groups is 2. The van der Waals surface area contributed by atoms with Gasteiger partial charge >= 0.3 is 0 Å². The standard InChI is InChI=1S/C23H24N4O2S/c1-15-8-10-19(11-9-15)27-14-18(13-21(27)29)22-25-26-23(30-22)24-20(28)12-16(2)17-6-4-3-5-7-17/h3-11,16,18H,12-14H2,1-2H3,(H,24,26,28). The van der Waals surface area contributed by atoms with Crippen LogP contribution < -0.4 is 10.2 Å². The molecular weight excluding hydrogens is 396 g/mol. The van der Waals surface area contributed by atoms with Crippen molar-refractivity contribution in [2.75, 3.05) is 16.8 Å². The summed E-state index contributed by atoms with van der Waals surface area (Å²) in [6.07, 6.45) is 0.781. The molecule has 2 aromatic carbocycles. The molecule has 0 spiro atoms. The Kier molecular flexibility index (Phi) is 5.90. The summed E-state index contributed by atoms with van der Waals surface area (Å²) in [6.45, 7) is 4.63. The van der Waals surface area contributed by atoms with Crippen LogP contribution in [0.4, 0.5) is 10.8 Å².